The maximum absolute atomic E-state index is 3.61. The summed E-state index contributed by atoms with van der Waals surface area (Å²) in [6, 6.07) is 7.09. The number of hydrogen-bond donors (Lipinski definition) is 1. The maximum Gasteiger partial charge on any atom is 0.0415 e. The highest BCUT2D eigenvalue weighted by molar-refractivity contribution is 9.10. The highest BCUT2D eigenvalue weighted by atomic mass is 79.9. The summed E-state index contributed by atoms with van der Waals surface area (Å²) in [6.45, 7) is 12.5. The smallest absolute Gasteiger partial charge is 0.0415 e. The number of benzene rings is 1. The van der Waals surface area contributed by atoms with Crippen molar-refractivity contribution in [2.45, 2.75) is 46.6 Å². The number of rotatable bonds is 4. The lowest BCUT2D eigenvalue weighted by molar-refractivity contribution is 0.279. The summed E-state index contributed by atoms with van der Waals surface area (Å²) in [5.74, 6) is 0. The van der Waals surface area contributed by atoms with E-state index >= 15 is 0 Å². The van der Waals surface area contributed by atoms with Crippen LogP contribution >= 0.6 is 15.9 Å². The third kappa shape index (κ3) is 3.76. The van der Waals surface area contributed by atoms with Gasteiger partial charge >= 0.3 is 0 Å². The summed E-state index contributed by atoms with van der Waals surface area (Å²) in [6.07, 6.45) is 2.55. The van der Waals surface area contributed by atoms with Crippen LogP contribution in [0.5, 0.6) is 0 Å². The molecule has 1 atom stereocenters. The van der Waals surface area contributed by atoms with Gasteiger partial charge in [0.1, 0.15) is 0 Å². The molecule has 3 heteroatoms. The van der Waals surface area contributed by atoms with Gasteiger partial charge in [0.2, 0.25) is 0 Å². The van der Waals surface area contributed by atoms with Gasteiger partial charge in [0.25, 0.3) is 0 Å². The molecule has 2 nitrogen and oxygen atoms in total. The number of hydrogen-bond acceptors (Lipinski definition) is 2. The van der Waals surface area contributed by atoms with Crippen LogP contribution in [0.1, 0.15) is 52.1 Å². The molecule has 0 aromatic heterocycles. The first kappa shape index (κ1) is 15.8. The Kier molecular flexibility index (Phi) is 5.14. The van der Waals surface area contributed by atoms with Crippen LogP contribution in [-0.2, 0) is 0 Å². The number of piperidine rings is 1. The van der Waals surface area contributed by atoms with Crippen LogP contribution in [-0.4, -0.2) is 19.6 Å². The van der Waals surface area contributed by atoms with Crippen LogP contribution in [0.15, 0.2) is 22.7 Å². The van der Waals surface area contributed by atoms with E-state index in [9.17, 15) is 0 Å². The summed E-state index contributed by atoms with van der Waals surface area (Å²) in [5.41, 5.74) is 3.30. The molecule has 2 rings (SSSR count). The Morgan fingerprint density at radius 1 is 1.30 bits per heavy atom. The molecule has 0 radical (unpaired) electrons. The Hall–Kier alpha value is -0.540. The van der Waals surface area contributed by atoms with E-state index in [0.717, 1.165) is 6.54 Å². The van der Waals surface area contributed by atoms with Gasteiger partial charge in [-0.15, -0.1) is 0 Å². The van der Waals surface area contributed by atoms with Crippen molar-refractivity contribution in [2.24, 2.45) is 5.41 Å². The first-order valence-electron chi connectivity index (χ1n) is 7.71. The summed E-state index contributed by atoms with van der Waals surface area (Å²) < 4.78 is 1.17. The molecule has 1 unspecified atom stereocenters. The minimum absolute atomic E-state index is 0.391. The molecule has 1 aromatic rings. The molecule has 0 bridgehead atoms. The number of nitrogens with zero attached hydrogens (tertiary/aromatic N) is 1. The molecule has 0 aliphatic carbocycles. The van der Waals surface area contributed by atoms with Crippen molar-refractivity contribution in [3.63, 3.8) is 0 Å². The van der Waals surface area contributed by atoms with Gasteiger partial charge in [-0.2, -0.15) is 0 Å². The summed E-state index contributed by atoms with van der Waals surface area (Å²) in [4.78, 5) is 2.56. The molecule has 1 N–H and O–H groups in total. The van der Waals surface area contributed by atoms with Gasteiger partial charge < -0.3 is 10.2 Å². The van der Waals surface area contributed by atoms with Gasteiger partial charge in [0, 0.05) is 29.3 Å². The lowest BCUT2D eigenvalue weighted by atomic mass is 9.82. The van der Waals surface area contributed by atoms with E-state index in [2.05, 4.69) is 72.0 Å². The first-order valence-corrected chi connectivity index (χ1v) is 8.50. The molecule has 0 amide bonds. The molecule has 1 aliphatic rings. The van der Waals surface area contributed by atoms with Crippen LogP contribution in [0.4, 0.5) is 5.69 Å². The number of anilines is 1. The Morgan fingerprint density at radius 2 is 1.95 bits per heavy atom. The lowest BCUT2D eigenvalue weighted by Gasteiger charge is -2.39. The van der Waals surface area contributed by atoms with Crippen molar-refractivity contribution in [1.82, 2.24) is 5.32 Å². The first-order chi connectivity index (χ1) is 9.43. The van der Waals surface area contributed by atoms with Gasteiger partial charge in [-0.1, -0.05) is 36.7 Å². The average molecular weight is 339 g/mol. The van der Waals surface area contributed by atoms with Crippen molar-refractivity contribution in [1.29, 1.82) is 0 Å². The highest BCUT2D eigenvalue weighted by Crippen LogP contribution is 2.36. The Labute approximate surface area is 132 Å². The molecule has 20 heavy (non-hydrogen) atoms. The van der Waals surface area contributed by atoms with Crippen LogP contribution in [0.3, 0.4) is 0 Å². The van der Waals surface area contributed by atoms with E-state index < -0.39 is 0 Å². The van der Waals surface area contributed by atoms with Crippen molar-refractivity contribution in [3.05, 3.63) is 28.2 Å². The predicted molar refractivity (Wildman–Crippen MR) is 91.5 cm³/mol. The van der Waals surface area contributed by atoms with E-state index in [1.165, 1.54) is 41.7 Å². The SMILES string of the molecule is CCNC(C)c1cc(Br)ccc1N1CCC(C)(C)CC1. The second-order valence-corrected chi connectivity index (χ2v) is 7.55. The summed E-state index contributed by atoms with van der Waals surface area (Å²) >= 11 is 3.61. The predicted octanol–water partition coefficient (Wildman–Crippen LogP) is 4.75. The molecule has 0 spiro atoms. The van der Waals surface area contributed by atoms with Crippen LogP contribution in [0.2, 0.25) is 0 Å². The van der Waals surface area contributed by atoms with Gasteiger partial charge in [-0.3, -0.25) is 0 Å². The van der Waals surface area contributed by atoms with Crippen LogP contribution in [0.25, 0.3) is 0 Å². The van der Waals surface area contributed by atoms with Gasteiger partial charge in [0.05, 0.1) is 0 Å². The molecule has 1 aliphatic heterocycles. The van der Waals surface area contributed by atoms with Gasteiger partial charge in [-0.25, -0.2) is 0 Å². The molecular weight excluding hydrogens is 312 g/mol. The van der Waals surface area contributed by atoms with Crippen LogP contribution < -0.4 is 10.2 Å². The van der Waals surface area contributed by atoms with E-state index in [0.29, 0.717) is 11.5 Å². The Bertz CT molecular complexity index is 446. The van der Waals surface area contributed by atoms with Crippen molar-refractivity contribution in [2.75, 3.05) is 24.5 Å². The number of halogens is 1. The van der Waals surface area contributed by atoms with Gasteiger partial charge in [-0.05, 0) is 55.5 Å². The third-order valence-electron chi connectivity index (χ3n) is 4.42. The fraction of sp³-hybridized carbons (Fsp3) is 0.647. The molecule has 0 saturated carbocycles. The fourth-order valence-corrected chi connectivity index (χ4v) is 3.31. The van der Waals surface area contributed by atoms with Crippen molar-refractivity contribution in [3.8, 4) is 0 Å². The van der Waals surface area contributed by atoms with E-state index in [1.54, 1.807) is 0 Å². The quantitative estimate of drug-likeness (QED) is 0.852. The molecular formula is C17H27BrN2. The highest BCUT2D eigenvalue weighted by Gasteiger charge is 2.27. The molecule has 112 valence electrons. The maximum atomic E-state index is 3.61. The Balaban J connectivity index is 2.23. The fourth-order valence-electron chi connectivity index (χ4n) is 2.93. The lowest BCUT2D eigenvalue weighted by Crippen LogP contribution is -2.38. The summed E-state index contributed by atoms with van der Waals surface area (Å²) in [5, 5.41) is 3.54. The molecule has 1 aromatic carbocycles. The second-order valence-electron chi connectivity index (χ2n) is 6.63. The van der Waals surface area contributed by atoms with E-state index in [-0.39, 0.29) is 0 Å². The van der Waals surface area contributed by atoms with E-state index in [1.807, 2.05) is 0 Å². The molecule has 1 saturated heterocycles. The standard InChI is InChI=1S/C17H27BrN2/c1-5-19-13(2)15-12-14(18)6-7-16(15)20-10-8-17(3,4)9-11-20/h6-7,12-13,19H,5,8-11H2,1-4H3. The van der Waals surface area contributed by atoms with Crippen molar-refractivity contribution >= 4 is 21.6 Å². The third-order valence-corrected chi connectivity index (χ3v) is 4.92. The van der Waals surface area contributed by atoms with Gasteiger partial charge in [0.15, 0.2) is 0 Å². The minimum atomic E-state index is 0.391. The van der Waals surface area contributed by atoms with E-state index in [4.69, 9.17) is 0 Å². The number of nitrogens with one attached hydrogen (secondary N) is 1. The zero-order chi connectivity index (χ0) is 14.8. The second kappa shape index (κ2) is 6.48. The largest absolute Gasteiger partial charge is 0.371 e. The normalized spacial score (nSPS) is 19.9. The zero-order valence-corrected chi connectivity index (χ0v) is 14.8. The molecule has 1 heterocycles. The average Bonchev–Trinajstić information content (AvgIpc) is 2.39. The topological polar surface area (TPSA) is 15.3 Å². The Morgan fingerprint density at radius 3 is 2.55 bits per heavy atom. The minimum Gasteiger partial charge on any atom is -0.371 e. The molecule has 1 fully saturated rings. The monoisotopic (exact) mass is 338 g/mol. The summed E-state index contributed by atoms with van der Waals surface area (Å²) in [7, 11) is 0. The zero-order valence-electron chi connectivity index (χ0n) is 13.2. The van der Waals surface area contributed by atoms with Crippen molar-refractivity contribution < 1.29 is 0 Å². The van der Waals surface area contributed by atoms with Crippen LogP contribution in [0, 0.1) is 5.41 Å².